The first-order valence-corrected chi connectivity index (χ1v) is 0. The number of rotatable bonds is 0. The molecule has 14 heteroatoms. The summed E-state index contributed by atoms with van der Waals surface area (Å²) in [6.07, 6.45) is 0. The van der Waals surface area contributed by atoms with Gasteiger partial charge in [0.1, 0.15) is 0 Å². The molecule has 0 amide bonds. The smallest absolute Gasteiger partial charge is 1.00 e. The molecule has 0 atom stereocenters. The van der Waals surface area contributed by atoms with Crippen molar-refractivity contribution in [3.05, 3.63) is 0 Å². The van der Waals surface area contributed by atoms with Crippen LogP contribution in [0.4, 0.5) is 0 Å². The van der Waals surface area contributed by atoms with E-state index < -0.39 is 0 Å². The summed E-state index contributed by atoms with van der Waals surface area (Å²) in [5.41, 5.74) is 0. The van der Waals surface area contributed by atoms with Gasteiger partial charge in [0.2, 0.25) is 0 Å². The molecule has 0 saturated carbocycles. The molecule has 6 nitrogen and oxygen atoms in total. The normalized spacial score (nSPS) is 0. The van der Waals surface area contributed by atoms with Gasteiger partial charge < -0.3 is 32.9 Å². The van der Waals surface area contributed by atoms with Crippen molar-refractivity contribution < 1.29 is 197 Å². The Kier molecular flexibility index (Phi) is 2570. The maximum absolute atomic E-state index is 0. The fourth-order valence-corrected chi connectivity index (χ4v) is 0. The van der Waals surface area contributed by atoms with Gasteiger partial charge in [-0.1, -0.05) is 0 Å². The van der Waals surface area contributed by atoms with E-state index in [0.717, 1.165) is 0 Å². The molecule has 0 rings (SSSR count). The van der Waals surface area contributed by atoms with Gasteiger partial charge in [-0.25, -0.2) is 0 Å². The van der Waals surface area contributed by atoms with Gasteiger partial charge >= 0.3 is 165 Å². The molecule has 0 aliphatic heterocycles. The van der Waals surface area contributed by atoms with Gasteiger partial charge in [-0.3, -0.25) is 0 Å². The number of hydrogen-bond donors (Lipinski definition) is 0. The van der Waals surface area contributed by atoms with Crippen LogP contribution in [0.15, 0.2) is 0 Å². The summed E-state index contributed by atoms with van der Waals surface area (Å²) in [7, 11) is 0. The van der Waals surface area contributed by atoms with Gasteiger partial charge in [-0.05, 0) is 0 Å². The van der Waals surface area contributed by atoms with Crippen molar-refractivity contribution in [1.82, 2.24) is 0 Å². The molecule has 0 aromatic rings. The molecule has 0 heterocycles. The van der Waals surface area contributed by atoms with Gasteiger partial charge in [0.25, 0.3) is 0 Å². The van der Waals surface area contributed by atoms with Crippen LogP contribution in [0, 0.1) is 0 Å². The van der Waals surface area contributed by atoms with Crippen LogP contribution in [0.25, 0.3) is 0 Å². The Labute approximate surface area is 218 Å². The van der Waals surface area contributed by atoms with E-state index in [2.05, 4.69) is 0 Å². The van der Waals surface area contributed by atoms with Gasteiger partial charge in [0.15, 0.2) is 0 Å². The molecule has 0 aromatic carbocycles. The molecule has 0 aliphatic rings. The topological polar surface area (TPSA) is 171 Å². The SMILES string of the molecule is [Bi].[K+].[Li+].[Li+].[Li+].[Li+].[Li+].[Li+].[O-2].[O-2].[O-2].[O-2].[O-2].[O-2]. The fourth-order valence-electron chi connectivity index (χ4n) is 0. The maximum Gasteiger partial charge on any atom is 1.00 e. The van der Waals surface area contributed by atoms with Crippen molar-refractivity contribution in [1.29, 1.82) is 0 Å². The molecule has 0 spiro atoms. The summed E-state index contributed by atoms with van der Waals surface area (Å²) in [6.45, 7) is 0. The summed E-state index contributed by atoms with van der Waals surface area (Å²) in [6, 6.07) is 0. The third kappa shape index (κ3) is 148. The minimum absolute atomic E-state index is 0. The van der Waals surface area contributed by atoms with Gasteiger partial charge in [-0.15, -0.1) is 0 Å². The molecular weight excluding hydrogens is 386 g/mol. The third-order valence-electron chi connectivity index (χ3n) is 0. The molecular formula is BiKLi6O6-5. The van der Waals surface area contributed by atoms with Crippen LogP contribution in [0.5, 0.6) is 0 Å². The van der Waals surface area contributed by atoms with Crippen LogP contribution in [-0.2, 0) is 32.9 Å². The van der Waals surface area contributed by atoms with Crippen LogP contribution < -0.4 is 165 Å². The molecule has 0 unspecified atom stereocenters. The van der Waals surface area contributed by atoms with Crippen molar-refractivity contribution in [2.45, 2.75) is 0 Å². The Bertz CT molecular complexity index is 22.3. The first-order chi connectivity index (χ1) is 0. The summed E-state index contributed by atoms with van der Waals surface area (Å²) >= 11 is 0. The van der Waals surface area contributed by atoms with Gasteiger partial charge in [0.05, 0.1) is 0 Å². The fraction of sp³-hybridized carbons (Fsp3) is 0. The van der Waals surface area contributed by atoms with Crippen molar-refractivity contribution in [2.24, 2.45) is 0 Å². The average Bonchev–Trinajstić information content (AvgIpc) is 0. The molecule has 0 fully saturated rings. The van der Waals surface area contributed by atoms with Crippen molar-refractivity contribution in [2.75, 3.05) is 0 Å². The van der Waals surface area contributed by atoms with Crippen LogP contribution in [0.3, 0.4) is 0 Å². The van der Waals surface area contributed by atoms with Crippen LogP contribution >= 0.6 is 0 Å². The first-order valence-electron chi connectivity index (χ1n) is 0. The van der Waals surface area contributed by atoms with E-state index in [-0.39, 0.29) is 224 Å². The van der Waals surface area contributed by atoms with E-state index >= 15 is 0 Å². The standard InChI is InChI=1S/Bi.K.6Li.6O/q;7*+1;6*-2. The van der Waals surface area contributed by atoms with Crippen molar-refractivity contribution >= 4 is 26.2 Å². The Morgan fingerprint density at radius 3 is 0.286 bits per heavy atom. The summed E-state index contributed by atoms with van der Waals surface area (Å²) in [5, 5.41) is 0. The second-order valence-corrected chi connectivity index (χ2v) is 0. The van der Waals surface area contributed by atoms with E-state index in [0.29, 0.717) is 0 Å². The van der Waals surface area contributed by atoms with E-state index in [1.807, 2.05) is 0 Å². The Hall–Kier alpha value is 5.86. The maximum atomic E-state index is 0. The molecule has 0 aliphatic carbocycles. The number of hydrogen-bond acceptors (Lipinski definition) is 0. The van der Waals surface area contributed by atoms with Crippen molar-refractivity contribution in [3.8, 4) is 0 Å². The van der Waals surface area contributed by atoms with E-state index in [9.17, 15) is 0 Å². The van der Waals surface area contributed by atoms with Gasteiger partial charge in [-0.2, -0.15) is 0 Å². The van der Waals surface area contributed by atoms with Crippen LogP contribution in [0.1, 0.15) is 0 Å². The second kappa shape index (κ2) is 175. The van der Waals surface area contributed by atoms with Crippen molar-refractivity contribution in [3.63, 3.8) is 0 Å². The largest absolute Gasteiger partial charge is 2.00 e. The average molecular weight is 386 g/mol. The minimum Gasteiger partial charge on any atom is -2.00 e. The third-order valence-corrected chi connectivity index (χ3v) is 0. The van der Waals surface area contributed by atoms with E-state index in [4.69, 9.17) is 0 Å². The zero-order valence-electron chi connectivity index (χ0n) is 9.90. The molecule has 0 N–H and O–H groups in total. The van der Waals surface area contributed by atoms with Gasteiger partial charge in [0, 0.05) is 26.2 Å². The molecule has 3 radical (unpaired) electrons. The zero-order chi connectivity index (χ0) is 0. The quantitative estimate of drug-likeness (QED) is 0.361. The predicted molar refractivity (Wildman–Crippen MR) is 9.87 cm³/mol. The molecule has 14 heavy (non-hydrogen) atoms. The second-order valence-electron chi connectivity index (χ2n) is 0. The molecule has 0 bridgehead atoms. The Morgan fingerprint density at radius 1 is 0.286 bits per heavy atom. The molecule has 53 valence electrons. The molecule has 0 saturated heterocycles. The summed E-state index contributed by atoms with van der Waals surface area (Å²) in [5.74, 6) is 0. The predicted octanol–water partition coefficient (Wildman–Crippen LogP) is -22.1. The molecule has 0 aromatic heterocycles. The van der Waals surface area contributed by atoms with Crippen LogP contribution in [-0.4, -0.2) is 26.2 Å². The van der Waals surface area contributed by atoms with E-state index in [1.165, 1.54) is 0 Å². The van der Waals surface area contributed by atoms with Crippen LogP contribution in [0.2, 0.25) is 0 Å². The first kappa shape index (κ1) is 206. The zero-order valence-corrected chi connectivity index (χ0v) is 16.5. The summed E-state index contributed by atoms with van der Waals surface area (Å²) < 4.78 is 0. The minimum atomic E-state index is 0. The summed E-state index contributed by atoms with van der Waals surface area (Å²) in [4.78, 5) is 0. The monoisotopic (exact) mass is 386 g/mol. The Balaban J connectivity index is 0. The Morgan fingerprint density at radius 2 is 0.286 bits per heavy atom. The van der Waals surface area contributed by atoms with E-state index in [1.54, 1.807) is 0 Å².